The molecule has 0 spiro atoms. The smallest absolute Gasteiger partial charge is 0.329 e. The van der Waals surface area contributed by atoms with Gasteiger partial charge in [0.15, 0.2) is 0 Å². The van der Waals surface area contributed by atoms with Crippen LogP contribution in [0.4, 0.5) is 6.01 Å². The van der Waals surface area contributed by atoms with Crippen LogP contribution in [0.15, 0.2) is 4.42 Å². The van der Waals surface area contributed by atoms with Gasteiger partial charge in [-0.1, -0.05) is 52.1 Å². The molecule has 4 saturated carbocycles. The molecule has 7 unspecified atom stereocenters. The molecule has 0 radical (unpaired) electrons. The van der Waals surface area contributed by atoms with Gasteiger partial charge in [0, 0.05) is 6.42 Å². The molecular formula is C28H47N3O4S. The number of fused-ring (bicyclic) bond motifs is 5. The Balaban J connectivity index is 1.30. The molecule has 0 aromatic carbocycles. The first-order chi connectivity index (χ1) is 17.0. The van der Waals surface area contributed by atoms with Crippen LogP contribution in [0.3, 0.4) is 0 Å². The van der Waals surface area contributed by atoms with Gasteiger partial charge in [-0.3, -0.25) is 0 Å². The molecule has 0 aliphatic heterocycles. The maximum absolute atomic E-state index is 11.9. The highest BCUT2D eigenvalue weighted by atomic mass is 32.2. The minimum Gasteiger partial charge on any atom is -0.407 e. The van der Waals surface area contributed by atoms with Gasteiger partial charge in [-0.15, -0.1) is 5.10 Å². The summed E-state index contributed by atoms with van der Waals surface area (Å²) in [6, 6.07) is -0.0577. The molecule has 10 atom stereocenters. The van der Waals surface area contributed by atoms with Gasteiger partial charge in [-0.25, -0.2) is 13.1 Å². The van der Waals surface area contributed by atoms with Crippen molar-refractivity contribution < 1.29 is 17.9 Å². The molecule has 2 N–H and O–H groups in total. The van der Waals surface area contributed by atoms with E-state index < -0.39 is 10.0 Å². The van der Waals surface area contributed by atoms with Gasteiger partial charge in [0.1, 0.15) is 0 Å². The summed E-state index contributed by atoms with van der Waals surface area (Å²) in [7, 11) is -3.43. The molecule has 4 aliphatic rings. The maximum atomic E-state index is 11.9. The number of aliphatic hydroxyl groups excluding tert-OH is 1. The quantitative estimate of drug-likeness (QED) is 0.479. The highest BCUT2D eigenvalue weighted by Crippen LogP contribution is 2.69. The lowest BCUT2D eigenvalue weighted by Crippen LogP contribution is -2.61. The van der Waals surface area contributed by atoms with Crippen LogP contribution in [0.1, 0.15) is 97.8 Å². The van der Waals surface area contributed by atoms with Crippen molar-refractivity contribution in [3.8, 4) is 0 Å². The fourth-order valence-electron chi connectivity index (χ4n) is 10.1. The van der Waals surface area contributed by atoms with E-state index in [2.05, 4.69) is 42.6 Å². The molecule has 4 aliphatic carbocycles. The van der Waals surface area contributed by atoms with Gasteiger partial charge in [-0.2, -0.15) is 0 Å². The Hall–Kier alpha value is -1.15. The first-order valence-electron chi connectivity index (χ1n) is 14.5. The largest absolute Gasteiger partial charge is 0.407 e. The van der Waals surface area contributed by atoms with Crippen LogP contribution in [0, 0.1) is 52.3 Å². The second-order valence-corrected chi connectivity index (χ2v) is 15.1. The lowest BCUT2D eigenvalue weighted by molar-refractivity contribution is -0.194. The number of hydrogen-bond acceptors (Lipinski definition) is 6. The third-order valence-electron chi connectivity index (χ3n) is 11.6. The van der Waals surface area contributed by atoms with E-state index in [9.17, 15) is 13.5 Å². The van der Waals surface area contributed by atoms with E-state index in [1.807, 2.05) is 0 Å². The molecule has 7 nitrogen and oxygen atoms in total. The number of nitrogens with one attached hydrogen (secondary N) is 1. The van der Waals surface area contributed by atoms with Crippen LogP contribution in [0.2, 0.25) is 0 Å². The zero-order valence-corrected chi connectivity index (χ0v) is 23.7. The topological polar surface area (TPSA) is 105 Å². The average Bonchev–Trinajstić information content (AvgIpc) is 3.40. The molecule has 1 aromatic rings. The van der Waals surface area contributed by atoms with Crippen LogP contribution in [0.5, 0.6) is 0 Å². The molecule has 1 heterocycles. The fourth-order valence-corrected chi connectivity index (χ4v) is 10.5. The normalized spacial score (nSPS) is 43.3. The van der Waals surface area contributed by atoms with Crippen molar-refractivity contribution in [2.24, 2.45) is 52.3 Å². The maximum Gasteiger partial charge on any atom is 0.329 e. The van der Waals surface area contributed by atoms with Crippen molar-refractivity contribution in [3.05, 3.63) is 5.89 Å². The Morgan fingerprint density at radius 1 is 1.06 bits per heavy atom. The molecule has 0 bridgehead atoms. The number of anilines is 1. The summed E-state index contributed by atoms with van der Waals surface area (Å²) < 4.78 is 30.6. The van der Waals surface area contributed by atoms with E-state index in [1.54, 1.807) is 0 Å². The van der Waals surface area contributed by atoms with E-state index in [4.69, 9.17) is 4.42 Å². The van der Waals surface area contributed by atoms with Gasteiger partial charge in [0.05, 0.1) is 12.4 Å². The van der Waals surface area contributed by atoms with Crippen LogP contribution in [-0.2, 0) is 16.4 Å². The summed E-state index contributed by atoms with van der Waals surface area (Å²) >= 11 is 0. The van der Waals surface area contributed by atoms with Crippen LogP contribution < -0.4 is 4.72 Å². The van der Waals surface area contributed by atoms with Crippen molar-refractivity contribution in [2.45, 2.75) is 104 Å². The number of aliphatic hydroxyl groups is 1. The standard InChI is InChI=1S/C28H47N3O4S/c1-6-18-20-9-7-8-15-27(20,3)22-14-16-28(4)19(11-12-21(28)24(22)25(18)32)17(2)10-13-23-29-30-26(35-23)31-36(5,33)34/h17-22,24-25,32H,6-16H2,1-5H3,(H,30,31)/t17-,18-,19?,20?,21?,22?,24?,25-,27?,28?/m1/s1. The number of sulfonamides is 1. The van der Waals surface area contributed by atoms with E-state index in [0.717, 1.165) is 19.1 Å². The highest BCUT2D eigenvalue weighted by molar-refractivity contribution is 7.91. The molecule has 204 valence electrons. The van der Waals surface area contributed by atoms with Crippen molar-refractivity contribution in [1.82, 2.24) is 10.2 Å². The van der Waals surface area contributed by atoms with Gasteiger partial charge < -0.3 is 9.52 Å². The number of aromatic nitrogens is 2. The van der Waals surface area contributed by atoms with Gasteiger partial charge >= 0.3 is 6.01 Å². The molecule has 5 rings (SSSR count). The lowest BCUT2D eigenvalue weighted by Gasteiger charge is -2.64. The third kappa shape index (κ3) is 4.42. The number of hydrogen-bond donors (Lipinski definition) is 2. The Labute approximate surface area is 217 Å². The van der Waals surface area contributed by atoms with Gasteiger partial charge in [0.2, 0.25) is 15.9 Å². The summed E-state index contributed by atoms with van der Waals surface area (Å²) in [4.78, 5) is 0. The first kappa shape index (κ1) is 26.5. The zero-order valence-electron chi connectivity index (χ0n) is 22.9. The average molecular weight is 522 g/mol. The Bertz CT molecular complexity index is 1040. The summed E-state index contributed by atoms with van der Waals surface area (Å²) in [5, 5.41) is 19.7. The minimum absolute atomic E-state index is 0.0577. The van der Waals surface area contributed by atoms with E-state index in [-0.39, 0.29) is 17.5 Å². The lowest BCUT2D eigenvalue weighted by atomic mass is 9.41. The Morgan fingerprint density at radius 3 is 2.53 bits per heavy atom. The molecule has 0 saturated heterocycles. The summed E-state index contributed by atoms with van der Waals surface area (Å²) in [6.07, 6.45) is 14.0. The van der Waals surface area contributed by atoms with Crippen LogP contribution in [-0.4, -0.2) is 36.1 Å². The van der Waals surface area contributed by atoms with E-state index in [1.165, 1.54) is 51.4 Å². The van der Waals surface area contributed by atoms with Gasteiger partial charge in [-0.05, 0) is 97.2 Å². The summed E-state index contributed by atoms with van der Waals surface area (Å²) in [5.74, 6) is 4.52. The molecule has 1 aromatic heterocycles. The predicted molar refractivity (Wildman–Crippen MR) is 141 cm³/mol. The van der Waals surface area contributed by atoms with Crippen LogP contribution in [0.25, 0.3) is 0 Å². The third-order valence-corrected chi connectivity index (χ3v) is 12.2. The molecular weight excluding hydrogens is 474 g/mol. The van der Waals surface area contributed by atoms with Crippen molar-refractivity contribution in [1.29, 1.82) is 0 Å². The Kier molecular flexibility index (Phi) is 7.02. The molecule has 0 amide bonds. The zero-order chi connectivity index (χ0) is 25.9. The van der Waals surface area contributed by atoms with Gasteiger partial charge in [0.25, 0.3) is 0 Å². The van der Waals surface area contributed by atoms with E-state index >= 15 is 0 Å². The summed E-state index contributed by atoms with van der Waals surface area (Å²) in [6.45, 7) is 9.80. The van der Waals surface area contributed by atoms with Crippen molar-refractivity contribution >= 4 is 16.0 Å². The van der Waals surface area contributed by atoms with Crippen molar-refractivity contribution in [3.63, 3.8) is 0 Å². The fraction of sp³-hybridized carbons (Fsp3) is 0.929. The molecule has 4 fully saturated rings. The monoisotopic (exact) mass is 521 g/mol. The Morgan fingerprint density at radius 2 is 1.81 bits per heavy atom. The summed E-state index contributed by atoms with van der Waals surface area (Å²) in [5.41, 5.74) is 0.680. The highest BCUT2D eigenvalue weighted by Gasteiger charge is 2.64. The second kappa shape index (κ2) is 9.55. The number of nitrogens with zero attached hydrogens (tertiary/aromatic N) is 2. The SMILES string of the molecule is CC[C@@H]1C2CCCCC2(C)C2CCC3(C)C(CCC3[C@H](C)CCc3nnc(NS(C)(=O)=O)o3)C2[C@@H]1O. The second-order valence-electron chi connectivity index (χ2n) is 13.3. The first-order valence-corrected chi connectivity index (χ1v) is 16.4. The minimum atomic E-state index is -3.43. The number of rotatable bonds is 7. The molecule has 8 heteroatoms. The van der Waals surface area contributed by atoms with Crippen molar-refractivity contribution in [2.75, 3.05) is 11.0 Å². The predicted octanol–water partition coefficient (Wildman–Crippen LogP) is 5.67. The number of aryl methyl sites for hydroxylation is 1. The van der Waals surface area contributed by atoms with E-state index in [0.29, 0.717) is 59.2 Å². The van der Waals surface area contributed by atoms with Crippen LogP contribution >= 0.6 is 0 Å². The molecule has 36 heavy (non-hydrogen) atoms.